The second-order valence-corrected chi connectivity index (χ2v) is 8.44. The lowest BCUT2D eigenvalue weighted by molar-refractivity contribution is -0.0199. The van der Waals surface area contributed by atoms with Gasteiger partial charge in [-0.05, 0) is 55.4 Å². The van der Waals surface area contributed by atoms with E-state index in [1.165, 1.54) is 43.5 Å². The highest BCUT2D eigenvalue weighted by Crippen LogP contribution is 2.36. The van der Waals surface area contributed by atoms with Gasteiger partial charge >= 0.3 is 0 Å². The molecule has 5 heteroatoms. The van der Waals surface area contributed by atoms with E-state index in [-0.39, 0.29) is 23.0 Å². The van der Waals surface area contributed by atoms with Gasteiger partial charge in [0.1, 0.15) is 5.82 Å². The number of benzene rings is 2. The van der Waals surface area contributed by atoms with E-state index in [1.807, 2.05) is 0 Å². The van der Waals surface area contributed by atoms with Crippen LogP contribution in [0.2, 0.25) is 0 Å². The Morgan fingerprint density at radius 1 is 0.903 bits per heavy atom. The van der Waals surface area contributed by atoms with Crippen LogP contribution in [-0.4, -0.2) is 13.2 Å². The maximum atomic E-state index is 14.9. The highest BCUT2D eigenvalue weighted by Gasteiger charge is 2.24. The van der Waals surface area contributed by atoms with Crippen LogP contribution in [0.3, 0.4) is 0 Å². The first-order chi connectivity index (χ1) is 15.0. The summed E-state index contributed by atoms with van der Waals surface area (Å²) in [6, 6.07) is 7.40. The van der Waals surface area contributed by atoms with Gasteiger partial charge in [0.15, 0.2) is 11.6 Å². The Labute approximate surface area is 183 Å². The molecule has 0 saturated carbocycles. The van der Waals surface area contributed by atoms with Crippen molar-refractivity contribution in [2.45, 2.75) is 71.3 Å². The molecule has 170 valence electrons. The fourth-order valence-electron chi connectivity index (χ4n) is 4.12. The van der Waals surface area contributed by atoms with Crippen LogP contribution in [0.4, 0.5) is 13.2 Å². The molecule has 0 aromatic heterocycles. The monoisotopic (exact) mass is 434 g/mol. The molecule has 1 saturated heterocycles. The Morgan fingerprint density at radius 3 is 2.35 bits per heavy atom. The summed E-state index contributed by atoms with van der Waals surface area (Å²) >= 11 is 0. The number of unbranched alkanes of at least 4 members (excludes halogenated alkanes) is 3. The minimum atomic E-state index is -1.09. The summed E-state index contributed by atoms with van der Waals surface area (Å²) in [5.74, 6) is -2.31. The molecule has 2 unspecified atom stereocenters. The predicted molar refractivity (Wildman–Crippen MR) is 118 cm³/mol. The molecule has 2 nitrogen and oxygen atoms in total. The van der Waals surface area contributed by atoms with E-state index in [1.54, 1.807) is 6.07 Å². The molecule has 0 radical (unpaired) electrons. The van der Waals surface area contributed by atoms with Gasteiger partial charge in [0.2, 0.25) is 5.82 Å². The van der Waals surface area contributed by atoms with Crippen LogP contribution in [0.15, 0.2) is 30.3 Å². The van der Waals surface area contributed by atoms with Crippen LogP contribution in [0.1, 0.15) is 76.9 Å². The van der Waals surface area contributed by atoms with E-state index in [4.69, 9.17) is 9.47 Å². The molecule has 1 aliphatic heterocycles. The van der Waals surface area contributed by atoms with Crippen LogP contribution in [0.25, 0.3) is 11.1 Å². The van der Waals surface area contributed by atoms with Crippen molar-refractivity contribution in [2.75, 3.05) is 13.2 Å². The van der Waals surface area contributed by atoms with Crippen LogP contribution >= 0.6 is 0 Å². The number of hydrogen-bond donors (Lipinski definition) is 0. The molecule has 31 heavy (non-hydrogen) atoms. The molecule has 2 atom stereocenters. The SMILES string of the molecule is CCCCCOc1ccc(-c2ccc(C3CCC(CCCC)CO3)cc2F)c(F)c1F. The minimum absolute atomic E-state index is 0.0364. The summed E-state index contributed by atoms with van der Waals surface area (Å²) in [6.07, 6.45) is 8.05. The van der Waals surface area contributed by atoms with Crippen LogP contribution in [-0.2, 0) is 4.74 Å². The second kappa shape index (κ2) is 11.6. The molecule has 1 fully saturated rings. The van der Waals surface area contributed by atoms with E-state index in [0.29, 0.717) is 19.1 Å². The van der Waals surface area contributed by atoms with Crippen molar-refractivity contribution in [1.82, 2.24) is 0 Å². The lowest BCUT2D eigenvalue weighted by Gasteiger charge is -2.29. The highest BCUT2D eigenvalue weighted by atomic mass is 19.2. The lowest BCUT2D eigenvalue weighted by Crippen LogP contribution is -2.20. The van der Waals surface area contributed by atoms with Crippen molar-refractivity contribution in [3.05, 3.63) is 53.3 Å². The van der Waals surface area contributed by atoms with Crippen LogP contribution < -0.4 is 4.74 Å². The zero-order chi connectivity index (χ0) is 22.2. The number of rotatable bonds is 10. The standard InChI is InChI=1S/C26H33F3O2/c1-3-5-7-15-30-24-14-12-21(25(28)26(24)29)20-11-10-19(16-22(20)27)23-13-9-18(17-31-23)8-6-4-2/h10-12,14,16,18,23H,3-9,13,15,17H2,1-2H3. The first kappa shape index (κ1) is 23.6. The molecule has 3 rings (SSSR count). The summed E-state index contributed by atoms with van der Waals surface area (Å²) in [5.41, 5.74) is 0.674. The van der Waals surface area contributed by atoms with E-state index in [9.17, 15) is 13.2 Å². The topological polar surface area (TPSA) is 18.5 Å². The van der Waals surface area contributed by atoms with Gasteiger partial charge in [0.25, 0.3) is 0 Å². The first-order valence-corrected chi connectivity index (χ1v) is 11.6. The summed E-state index contributed by atoms with van der Waals surface area (Å²) in [7, 11) is 0. The summed E-state index contributed by atoms with van der Waals surface area (Å²) < 4.78 is 55.3. The third-order valence-corrected chi connectivity index (χ3v) is 6.04. The molecule has 1 heterocycles. The molecular formula is C26H33F3O2. The normalized spacial score (nSPS) is 18.9. The van der Waals surface area contributed by atoms with Crippen LogP contribution in [0.5, 0.6) is 5.75 Å². The van der Waals surface area contributed by atoms with Gasteiger partial charge in [0, 0.05) is 11.1 Å². The molecule has 0 amide bonds. The first-order valence-electron chi connectivity index (χ1n) is 11.6. The van der Waals surface area contributed by atoms with Crippen molar-refractivity contribution in [1.29, 1.82) is 0 Å². The average molecular weight is 435 g/mol. The molecule has 0 bridgehead atoms. The van der Waals surface area contributed by atoms with Gasteiger partial charge in [-0.3, -0.25) is 0 Å². The quantitative estimate of drug-likeness (QED) is 0.353. The largest absolute Gasteiger partial charge is 0.490 e. The summed E-state index contributed by atoms with van der Waals surface area (Å²) in [4.78, 5) is 0. The third-order valence-electron chi connectivity index (χ3n) is 6.04. The van der Waals surface area contributed by atoms with Gasteiger partial charge in [-0.1, -0.05) is 51.7 Å². The fraction of sp³-hybridized carbons (Fsp3) is 0.538. The molecule has 0 N–H and O–H groups in total. The summed E-state index contributed by atoms with van der Waals surface area (Å²) in [5, 5.41) is 0. The highest BCUT2D eigenvalue weighted by molar-refractivity contribution is 5.66. The molecule has 0 spiro atoms. The number of ether oxygens (including phenoxy) is 2. The van der Waals surface area contributed by atoms with Crippen molar-refractivity contribution in [3.8, 4) is 16.9 Å². The summed E-state index contributed by atoms with van der Waals surface area (Å²) in [6.45, 7) is 5.25. The average Bonchev–Trinajstić information content (AvgIpc) is 2.79. The Hall–Kier alpha value is -2.01. The maximum absolute atomic E-state index is 14.9. The Kier molecular flexibility index (Phi) is 8.82. The maximum Gasteiger partial charge on any atom is 0.201 e. The van der Waals surface area contributed by atoms with Crippen molar-refractivity contribution >= 4 is 0 Å². The van der Waals surface area contributed by atoms with Gasteiger partial charge in [0.05, 0.1) is 19.3 Å². The molecule has 2 aromatic rings. The lowest BCUT2D eigenvalue weighted by atomic mass is 9.90. The van der Waals surface area contributed by atoms with Crippen molar-refractivity contribution < 1.29 is 22.6 Å². The molecule has 2 aromatic carbocycles. The van der Waals surface area contributed by atoms with E-state index in [0.717, 1.165) is 37.7 Å². The van der Waals surface area contributed by atoms with Gasteiger partial charge in [-0.2, -0.15) is 4.39 Å². The molecule has 0 aliphatic carbocycles. The van der Waals surface area contributed by atoms with E-state index in [2.05, 4.69) is 13.8 Å². The van der Waals surface area contributed by atoms with Gasteiger partial charge in [-0.25, -0.2) is 8.78 Å². The third kappa shape index (κ3) is 6.03. The van der Waals surface area contributed by atoms with Crippen molar-refractivity contribution in [2.24, 2.45) is 5.92 Å². The zero-order valence-electron chi connectivity index (χ0n) is 18.6. The number of halogens is 3. The van der Waals surface area contributed by atoms with Gasteiger partial charge < -0.3 is 9.47 Å². The Morgan fingerprint density at radius 2 is 1.68 bits per heavy atom. The van der Waals surface area contributed by atoms with Crippen molar-refractivity contribution in [3.63, 3.8) is 0 Å². The van der Waals surface area contributed by atoms with E-state index < -0.39 is 17.5 Å². The minimum Gasteiger partial charge on any atom is -0.490 e. The number of hydrogen-bond acceptors (Lipinski definition) is 2. The van der Waals surface area contributed by atoms with Gasteiger partial charge in [-0.15, -0.1) is 0 Å². The zero-order valence-corrected chi connectivity index (χ0v) is 18.6. The molecule has 1 aliphatic rings. The smallest absolute Gasteiger partial charge is 0.201 e. The Balaban J connectivity index is 1.69. The van der Waals surface area contributed by atoms with Crippen LogP contribution in [0, 0.1) is 23.4 Å². The molecular weight excluding hydrogens is 401 g/mol. The Bertz CT molecular complexity index is 845. The predicted octanol–water partition coefficient (Wildman–Crippen LogP) is 8.00. The second-order valence-electron chi connectivity index (χ2n) is 8.44. The van der Waals surface area contributed by atoms with E-state index >= 15 is 0 Å². The fourth-order valence-corrected chi connectivity index (χ4v) is 4.12.